The van der Waals surface area contributed by atoms with Crippen LogP contribution in [0.15, 0.2) is 18.5 Å². The van der Waals surface area contributed by atoms with Crippen molar-refractivity contribution >= 4 is 22.1 Å². The van der Waals surface area contributed by atoms with E-state index in [0.717, 1.165) is 34.9 Å². The van der Waals surface area contributed by atoms with E-state index in [1.54, 1.807) is 6.20 Å². The summed E-state index contributed by atoms with van der Waals surface area (Å²) >= 11 is 0. The Bertz CT molecular complexity index is 814. The first kappa shape index (κ1) is 11.5. The van der Waals surface area contributed by atoms with Crippen molar-refractivity contribution < 1.29 is 0 Å². The summed E-state index contributed by atoms with van der Waals surface area (Å²) in [6.07, 6.45) is 9.68. The molecule has 0 aromatic carbocycles. The molecule has 1 fully saturated rings. The van der Waals surface area contributed by atoms with Gasteiger partial charge in [0.1, 0.15) is 17.2 Å². The molecule has 0 bridgehead atoms. The van der Waals surface area contributed by atoms with Gasteiger partial charge in [-0.3, -0.25) is 0 Å². The maximum Gasteiger partial charge on any atom is 0.214 e. The van der Waals surface area contributed by atoms with Gasteiger partial charge in [0.2, 0.25) is 5.82 Å². The summed E-state index contributed by atoms with van der Waals surface area (Å²) in [7, 11) is 0. The molecule has 3 aromatic heterocycles. The van der Waals surface area contributed by atoms with Crippen LogP contribution in [-0.2, 0) is 0 Å². The lowest BCUT2D eigenvalue weighted by molar-refractivity contribution is 0.358. The van der Waals surface area contributed by atoms with Crippen molar-refractivity contribution in [2.75, 3.05) is 0 Å². The summed E-state index contributed by atoms with van der Waals surface area (Å²) in [5, 5.41) is 10.5. The van der Waals surface area contributed by atoms with Crippen LogP contribution >= 0.6 is 0 Å². The van der Waals surface area contributed by atoms with Gasteiger partial charge in [-0.25, -0.2) is 9.97 Å². The van der Waals surface area contributed by atoms with Crippen LogP contribution in [0.1, 0.15) is 44.0 Å². The number of pyridine rings is 1. The Morgan fingerprint density at radius 1 is 1.30 bits per heavy atom. The molecule has 1 aliphatic carbocycles. The molecule has 0 atom stereocenters. The van der Waals surface area contributed by atoms with Gasteiger partial charge in [0.15, 0.2) is 0 Å². The molecule has 100 valence electrons. The highest BCUT2D eigenvalue weighted by molar-refractivity contribution is 6.01. The van der Waals surface area contributed by atoms with Gasteiger partial charge < -0.3 is 9.55 Å². The minimum Gasteiger partial charge on any atom is -0.346 e. The molecule has 0 aliphatic heterocycles. The monoisotopic (exact) mass is 265 g/mol. The molecule has 0 unspecified atom stereocenters. The molecule has 1 aliphatic rings. The van der Waals surface area contributed by atoms with Crippen LogP contribution in [0.3, 0.4) is 0 Å². The number of hydrogen-bond donors (Lipinski definition) is 1. The van der Waals surface area contributed by atoms with Gasteiger partial charge in [-0.1, -0.05) is 19.3 Å². The van der Waals surface area contributed by atoms with Gasteiger partial charge >= 0.3 is 0 Å². The van der Waals surface area contributed by atoms with Gasteiger partial charge in [0.25, 0.3) is 0 Å². The van der Waals surface area contributed by atoms with Gasteiger partial charge in [0, 0.05) is 17.6 Å². The van der Waals surface area contributed by atoms with E-state index in [2.05, 4.69) is 25.6 Å². The number of fused-ring (bicyclic) bond motifs is 3. The van der Waals surface area contributed by atoms with Crippen LogP contribution < -0.4 is 0 Å². The Morgan fingerprint density at radius 2 is 2.15 bits per heavy atom. The largest absolute Gasteiger partial charge is 0.346 e. The average Bonchev–Trinajstić information content (AvgIpc) is 3.11. The number of imidazole rings is 1. The summed E-state index contributed by atoms with van der Waals surface area (Å²) in [4.78, 5) is 12.0. The molecule has 20 heavy (non-hydrogen) atoms. The SMILES string of the molecule is N#Cc1nc2cnc3[nH]ccc3c2n1C1CCCCC1. The molecule has 1 N–H and O–H groups in total. The third-order valence-corrected chi connectivity index (χ3v) is 4.27. The van der Waals surface area contributed by atoms with Crippen molar-refractivity contribution in [3.63, 3.8) is 0 Å². The molecule has 1 saturated carbocycles. The highest BCUT2D eigenvalue weighted by Gasteiger charge is 2.23. The topological polar surface area (TPSA) is 70.3 Å². The summed E-state index contributed by atoms with van der Waals surface area (Å²) in [5.74, 6) is 0.516. The molecule has 3 heterocycles. The molecule has 0 amide bonds. The molecular formula is C15H15N5. The van der Waals surface area contributed by atoms with E-state index in [9.17, 15) is 5.26 Å². The van der Waals surface area contributed by atoms with E-state index < -0.39 is 0 Å². The number of nitrogens with one attached hydrogen (secondary N) is 1. The number of hydrogen-bond acceptors (Lipinski definition) is 3. The van der Waals surface area contributed by atoms with Crippen molar-refractivity contribution in [1.29, 1.82) is 5.26 Å². The van der Waals surface area contributed by atoms with Gasteiger partial charge in [-0.05, 0) is 18.9 Å². The van der Waals surface area contributed by atoms with E-state index in [-0.39, 0.29) is 0 Å². The lowest BCUT2D eigenvalue weighted by atomic mass is 9.95. The van der Waals surface area contributed by atoms with Crippen LogP contribution in [0.25, 0.3) is 22.1 Å². The highest BCUT2D eigenvalue weighted by atomic mass is 15.1. The lowest BCUT2D eigenvalue weighted by Crippen LogP contribution is -2.14. The predicted molar refractivity (Wildman–Crippen MR) is 76.2 cm³/mol. The third kappa shape index (κ3) is 1.54. The average molecular weight is 265 g/mol. The van der Waals surface area contributed by atoms with E-state index in [1.165, 1.54) is 19.3 Å². The number of rotatable bonds is 1. The number of aromatic nitrogens is 4. The highest BCUT2D eigenvalue weighted by Crippen LogP contribution is 2.34. The van der Waals surface area contributed by atoms with Crippen LogP contribution in [-0.4, -0.2) is 19.5 Å². The van der Waals surface area contributed by atoms with Crippen LogP contribution in [0.2, 0.25) is 0 Å². The molecule has 5 nitrogen and oxygen atoms in total. The molecule has 5 heteroatoms. The fraction of sp³-hybridized carbons (Fsp3) is 0.400. The molecule has 0 spiro atoms. The normalized spacial score (nSPS) is 16.8. The van der Waals surface area contributed by atoms with Crippen LogP contribution in [0, 0.1) is 11.3 Å². The lowest BCUT2D eigenvalue weighted by Gasteiger charge is -2.24. The maximum atomic E-state index is 9.41. The summed E-state index contributed by atoms with van der Waals surface area (Å²) in [6.45, 7) is 0. The van der Waals surface area contributed by atoms with Crippen molar-refractivity contribution in [3.05, 3.63) is 24.3 Å². The Kier molecular flexibility index (Phi) is 2.49. The number of nitrogens with zero attached hydrogens (tertiary/aromatic N) is 4. The zero-order valence-electron chi connectivity index (χ0n) is 11.1. The number of aromatic amines is 1. The Morgan fingerprint density at radius 3 is 2.95 bits per heavy atom. The number of H-pyrrole nitrogens is 1. The number of nitriles is 1. The first-order chi connectivity index (χ1) is 9.88. The minimum atomic E-state index is 0.392. The second-order valence-electron chi connectivity index (χ2n) is 5.44. The molecular weight excluding hydrogens is 250 g/mol. The second-order valence-corrected chi connectivity index (χ2v) is 5.44. The molecule has 0 radical (unpaired) electrons. The Balaban J connectivity index is 2.04. The first-order valence-corrected chi connectivity index (χ1v) is 7.12. The Labute approximate surface area is 116 Å². The minimum absolute atomic E-state index is 0.392. The van der Waals surface area contributed by atoms with Gasteiger partial charge in [-0.2, -0.15) is 5.26 Å². The zero-order valence-corrected chi connectivity index (χ0v) is 11.1. The smallest absolute Gasteiger partial charge is 0.214 e. The molecule has 3 aromatic rings. The molecule has 4 rings (SSSR count). The Hall–Kier alpha value is -2.35. The first-order valence-electron chi connectivity index (χ1n) is 7.12. The van der Waals surface area contributed by atoms with Crippen LogP contribution in [0.4, 0.5) is 0 Å². The van der Waals surface area contributed by atoms with E-state index in [0.29, 0.717) is 11.9 Å². The van der Waals surface area contributed by atoms with Crippen molar-refractivity contribution in [2.45, 2.75) is 38.1 Å². The zero-order chi connectivity index (χ0) is 13.5. The van der Waals surface area contributed by atoms with Gasteiger partial charge in [0.05, 0.1) is 11.7 Å². The summed E-state index contributed by atoms with van der Waals surface area (Å²) in [5.41, 5.74) is 2.73. The fourth-order valence-corrected chi connectivity index (χ4v) is 3.37. The standard InChI is InChI=1S/C15H15N5/c16-8-13-19-12-9-18-15-11(6-7-17-15)14(12)20(13)10-4-2-1-3-5-10/h6-7,9-10H,1-5H2,(H,17,18). The van der Waals surface area contributed by atoms with Crippen molar-refractivity contribution in [2.24, 2.45) is 0 Å². The summed E-state index contributed by atoms with van der Waals surface area (Å²) in [6, 6.07) is 4.67. The second kappa shape index (κ2) is 4.34. The maximum absolute atomic E-state index is 9.41. The quantitative estimate of drug-likeness (QED) is 0.734. The third-order valence-electron chi connectivity index (χ3n) is 4.27. The van der Waals surface area contributed by atoms with E-state index >= 15 is 0 Å². The summed E-state index contributed by atoms with van der Waals surface area (Å²) < 4.78 is 2.15. The van der Waals surface area contributed by atoms with Crippen molar-refractivity contribution in [1.82, 2.24) is 19.5 Å². The molecule has 0 saturated heterocycles. The van der Waals surface area contributed by atoms with E-state index in [1.807, 2.05) is 12.3 Å². The fourth-order valence-electron chi connectivity index (χ4n) is 3.37. The van der Waals surface area contributed by atoms with Crippen molar-refractivity contribution in [3.8, 4) is 6.07 Å². The predicted octanol–water partition coefficient (Wildman–Crippen LogP) is 3.29. The van der Waals surface area contributed by atoms with Gasteiger partial charge in [-0.15, -0.1) is 0 Å². The van der Waals surface area contributed by atoms with Crippen LogP contribution in [0.5, 0.6) is 0 Å². The van der Waals surface area contributed by atoms with E-state index in [4.69, 9.17) is 0 Å².